The van der Waals surface area contributed by atoms with Crippen LogP contribution in [0.1, 0.15) is 13.8 Å². The number of nitrogens with zero attached hydrogens (tertiary/aromatic N) is 5. The van der Waals surface area contributed by atoms with Gasteiger partial charge in [0.25, 0.3) is 0 Å². The summed E-state index contributed by atoms with van der Waals surface area (Å²) in [6.07, 6.45) is 0. The molecule has 2 heterocycles. The molecule has 0 radical (unpaired) electrons. The molecule has 0 saturated heterocycles. The SMILES string of the molecule is CCN(CC)CCn1nc(N)c2nc3ccccc3nc21. The average molecular weight is 284 g/mol. The molecule has 0 spiro atoms. The standard InChI is InChI=1S/C15H20N6/c1-3-20(4-2)9-10-21-15-13(14(16)19-21)17-11-7-5-6-8-12(11)18-15/h5-8H,3-4,9-10H2,1-2H3,(H2,16,19). The zero-order valence-corrected chi connectivity index (χ0v) is 12.5. The predicted molar refractivity (Wildman–Crippen MR) is 85.0 cm³/mol. The van der Waals surface area contributed by atoms with Crippen LogP contribution in [-0.4, -0.2) is 44.3 Å². The van der Waals surface area contributed by atoms with Gasteiger partial charge >= 0.3 is 0 Å². The van der Waals surface area contributed by atoms with Crippen molar-refractivity contribution >= 4 is 28.0 Å². The number of nitrogens with two attached hydrogens (primary N) is 1. The molecule has 0 aliphatic heterocycles. The van der Waals surface area contributed by atoms with E-state index in [2.05, 4.69) is 33.8 Å². The average Bonchev–Trinajstić information content (AvgIpc) is 2.82. The van der Waals surface area contributed by atoms with E-state index in [4.69, 9.17) is 5.73 Å². The van der Waals surface area contributed by atoms with E-state index in [1.807, 2.05) is 28.9 Å². The zero-order valence-electron chi connectivity index (χ0n) is 12.5. The molecule has 1 aromatic carbocycles. The highest BCUT2D eigenvalue weighted by Crippen LogP contribution is 2.20. The summed E-state index contributed by atoms with van der Waals surface area (Å²) in [6.45, 7) is 8.07. The van der Waals surface area contributed by atoms with Crippen molar-refractivity contribution in [2.45, 2.75) is 20.4 Å². The number of benzene rings is 1. The number of likely N-dealkylation sites (N-methyl/N-ethyl adjacent to an activating group) is 1. The number of hydrogen-bond donors (Lipinski definition) is 1. The van der Waals surface area contributed by atoms with E-state index in [9.17, 15) is 0 Å². The Morgan fingerprint density at radius 2 is 1.76 bits per heavy atom. The minimum atomic E-state index is 0.447. The summed E-state index contributed by atoms with van der Waals surface area (Å²) in [7, 11) is 0. The van der Waals surface area contributed by atoms with Gasteiger partial charge in [0.05, 0.1) is 17.6 Å². The summed E-state index contributed by atoms with van der Waals surface area (Å²) >= 11 is 0. The fourth-order valence-corrected chi connectivity index (χ4v) is 2.50. The fourth-order valence-electron chi connectivity index (χ4n) is 2.50. The monoisotopic (exact) mass is 284 g/mol. The normalized spacial score (nSPS) is 11.8. The molecule has 3 aromatic rings. The van der Waals surface area contributed by atoms with Crippen molar-refractivity contribution in [1.29, 1.82) is 0 Å². The van der Waals surface area contributed by atoms with Crippen molar-refractivity contribution in [2.75, 3.05) is 25.4 Å². The number of hydrogen-bond acceptors (Lipinski definition) is 5. The fraction of sp³-hybridized carbons (Fsp3) is 0.400. The third-order valence-electron chi connectivity index (χ3n) is 3.79. The van der Waals surface area contributed by atoms with Gasteiger partial charge in [0.15, 0.2) is 17.0 Å². The molecule has 0 unspecified atom stereocenters. The highest BCUT2D eigenvalue weighted by atomic mass is 15.3. The molecule has 6 heteroatoms. The van der Waals surface area contributed by atoms with E-state index in [-0.39, 0.29) is 0 Å². The second kappa shape index (κ2) is 5.65. The third kappa shape index (κ3) is 2.54. The Labute approximate surface area is 123 Å². The molecule has 0 amide bonds. The lowest BCUT2D eigenvalue weighted by Crippen LogP contribution is -2.27. The van der Waals surface area contributed by atoms with E-state index < -0.39 is 0 Å². The molecule has 0 saturated carbocycles. The maximum absolute atomic E-state index is 5.99. The minimum absolute atomic E-state index is 0.447. The van der Waals surface area contributed by atoms with Gasteiger partial charge in [0, 0.05) is 6.54 Å². The first-order valence-corrected chi connectivity index (χ1v) is 7.34. The van der Waals surface area contributed by atoms with Gasteiger partial charge in [-0.2, -0.15) is 5.10 Å². The summed E-state index contributed by atoms with van der Waals surface area (Å²) in [5.74, 6) is 0.447. The molecular formula is C15H20N6. The van der Waals surface area contributed by atoms with E-state index in [0.717, 1.165) is 42.9 Å². The molecule has 0 aliphatic carbocycles. The Kier molecular flexibility index (Phi) is 3.70. The molecule has 21 heavy (non-hydrogen) atoms. The Balaban J connectivity index is 2.01. The van der Waals surface area contributed by atoms with Crippen molar-refractivity contribution in [3.63, 3.8) is 0 Å². The molecule has 6 nitrogen and oxygen atoms in total. The lowest BCUT2D eigenvalue weighted by atomic mass is 10.3. The molecule has 0 aliphatic rings. The Morgan fingerprint density at radius 1 is 1.10 bits per heavy atom. The van der Waals surface area contributed by atoms with Crippen molar-refractivity contribution < 1.29 is 0 Å². The molecule has 3 rings (SSSR count). The van der Waals surface area contributed by atoms with Crippen molar-refractivity contribution in [3.05, 3.63) is 24.3 Å². The number of para-hydroxylation sites is 2. The van der Waals surface area contributed by atoms with Gasteiger partial charge in [-0.1, -0.05) is 26.0 Å². The van der Waals surface area contributed by atoms with Gasteiger partial charge < -0.3 is 10.6 Å². The van der Waals surface area contributed by atoms with Gasteiger partial charge in [-0.25, -0.2) is 14.6 Å². The van der Waals surface area contributed by atoms with Gasteiger partial charge in [0.1, 0.15) is 0 Å². The summed E-state index contributed by atoms with van der Waals surface area (Å²) < 4.78 is 1.86. The van der Waals surface area contributed by atoms with Crippen LogP contribution in [0.2, 0.25) is 0 Å². The number of rotatable bonds is 5. The van der Waals surface area contributed by atoms with Gasteiger partial charge in [-0.3, -0.25) is 0 Å². The first-order valence-electron chi connectivity index (χ1n) is 7.34. The largest absolute Gasteiger partial charge is 0.380 e. The van der Waals surface area contributed by atoms with E-state index >= 15 is 0 Å². The van der Waals surface area contributed by atoms with Crippen LogP contribution in [0.25, 0.3) is 22.2 Å². The first kappa shape index (κ1) is 13.8. The lowest BCUT2D eigenvalue weighted by molar-refractivity contribution is 0.287. The lowest BCUT2D eigenvalue weighted by Gasteiger charge is -2.17. The number of nitrogen functional groups attached to an aromatic ring is 1. The maximum Gasteiger partial charge on any atom is 0.179 e. The predicted octanol–water partition coefficient (Wildman–Crippen LogP) is 1.90. The topological polar surface area (TPSA) is 72.9 Å². The minimum Gasteiger partial charge on any atom is -0.380 e. The molecule has 0 atom stereocenters. The van der Waals surface area contributed by atoms with Gasteiger partial charge in [-0.05, 0) is 25.2 Å². The second-order valence-electron chi connectivity index (χ2n) is 5.02. The maximum atomic E-state index is 5.99. The molecule has 2 aromatic heterocycles. The van der Waals surface area contributed by atoms with Crippen LogP contribution >= 0.6 is 0 Å². The van der Waals surface area contributed by atoms with E-state index in [1.165, 1.54) is 0 Å². The van der Waals surface area contributed by atoms with Crippen molar-refractivity contribution in [1.82, 2.24) is 24.6 Å². The summed E-state index contributed by atoms with van der Waals surface area (Å²) in [4.78, 5) is 11.6. The van der Waals surface area contributed by atoms with Crippen LogP contribution in [0.3, 0.4) is 0 Å². The molecule has 0 fully saturated rings. The quantitative estimate of drug-likeness (QED) is 0.774. The molecule has 2 N–H and O–H groups in total. The van der Waals surface area contributed by atoms with Crippen LogP contribution in [0.4, 0.5) is 5.82 Å². The smallest absolute Gasteiger partial charge is 0.179 e. The van der Waals surface area contributed by atoms with E-state index in [1.54, 1.807) is 0 Å². The van der Waals surface area contributed by atoms with Crippen molar-refractivity contribution in [3.8, 4) is 0 Å². The number of fused-ring (bicyclic) bond motifs is 2. The summed E-state index contributed by atoms with van der Waals surface area (Å²) in [5.41, 5.74) is 9.16. The van der Waals surface area contributed by atoms with E-state index in [0.29, 0.717) is 11.3 Å². The van der Waals surface area contributed by atoms with Crippen LogP contribution in [0, 0.1) is 0 Å². The highest BCUT2D eigenvalue weighted by Gasteiger charge is 2.13. The second-order valence-corrected chi connectivity index (χ2v) is 5.02. The molecular weight excluding hydrogens is 264 g/mol. The molecule has 0 bridgehead atoms. The third-order valence-corrected chi connectivity index (χ3v) is 3.79. The van der Waals surface area contributed by atoms with Gasteiger partial charge in [-0.15, -0.1) is 0 Å². The Bertz CT molecular complexity index is 759. The number of aromatic nitrogens is 4. The summed E-state index contributed by atoms with van der Waals surface area (Å²) in [6, 6.07) is 7.81. The first-order chi connectivity index (χ1) is 10.2. The Morgan fingerprint density at radius 3 is 2.43 bits per heavy atom. The van der Waals surface area contributed by atoms with Crippen LogP contribution in [-0.2, 0) is 6.54 Å². The van der Waals surface area contributed by atoms with Crippen molar-refractivity contribution in [2.24, 2.45) is 0 Å². The molecule has 110 valence electrons. The summed E-state index contributed by atoms with van der Waals surface area (Å²) in [5, 5.41) is 4.40. The van der Waals surface area contributed by atoms with Crippen LogP contribution in [0.5, 0.6) is 0 Å². The highest BCUT2D eigenvalue weighted by molar-refractivity contribution is 5.89. The van der Waals surface area contributed by atoms with Gasteiger partial charge in [0.2, 0.25) is 0 Å². The zero-order chi connectivity index (χ0) is 14.8. The Hall–Kier alpha value is -2.21. The van der Waals surface area contributed by atoms with Crippen LogP contribution in [0.15, 0.2) is 24.3 Å². The number of anilines is 1. The van der Waals surface area contributed by atoms with Crippen LogP contribution < -0.4 is 5.73 Å².